The normalized spacial score (nSPS) is 26.7. The molecule has 0 aromatic carbocycles. The first kappa shape index (κ1) is 8.41. The Kier molecular flexibility index (Phi) is 2.64. The SMILES string of the molecule is CSC1(C(C)N)CCCC1. The number of rotatable bonds is 2. The average molecular weight is 159 g/mol. The number of hydrogen-bond donors (Lipinski definition) is 1. The third kappa shape index (κ3) is 1.32. The Morgan fingerprint density at radius 1 is 1.40 bits per heavy atom. The third-order valence-electron chi connectivity index (χ3n) is 2.69. The average Bonchev–Trinajstić information content (AvgIpc) is 2.35. The standard InChI is InChI=1S/C8H17NS/c1-7(9)8(10-2)5-3-4-6-8/h7H,3-6,9H2,1-2H3. The molecule has 0 aromatic rings. The summed E-state index contributed by atoms with van der Waals surface area (Å²) in [5.74, 6) is 0. The van der Waals surface area contributed by atoms with Crippen molar-refractivity contribution < 1.29 is 0 Å². The second-order valence-electron chi connectivity index (χ2n) is 3.26. The van der Waals surface area contributed by atoms with Crippen molar-refractivity contribution in [3.63, 3.8) is 0 Å². The highest BCUT2D eigenvalue weighted by atomic mass is 32.2. The van der Waals surface area contributed by atoms with Crippen molar-refractivity contribution in [1.29, 1.82) is 0 Å². The van der Waals surface area contributed by atoms with Gasteiger partial charge in [-0.2, -0.15) is 11.8 Å². The van der Waals surface area contributed by atoms with Gasteiger partial charge in [0.15, 0.2) is 0 Å². The lowest BCUT2D eigenvalue weighted by Gasteiger charge is -2.30. The molecule has 2 N–H and O–H groups in total. The Balaban J connectivity index is 2.58. The van der Waals surface area contributed by atoms with Crippen LogP contribution < -0.4 is 5.73 Å². The number of hydrogen-bond acceptors (Lipinski definition) is 2. The molecule has 60 valence electrons. The highest BCUT2D eigenvalue weighted by Gasteiger charge is 2.36. The Morgan fingerprint density at radius 2 is 1.90 bits per heavy atom. The summed E-state index contributed by atoms with van der Waals surface area (Å²) >= 11 is 1.96. The molecular formula is C8H17NS. The first-order valence-electron chi connectivity index (χ1n) is 4.02. The highest BCUT2D eigenvalue weighted by molar-refractivity contribution is 8.00. The van der Waals surface area contributed by atoms with Gasteiger partial charge < -0.3 is 5.73 Å². The summed E-state index contributed by atoms with van der Waals surface area (Å²) in [6, 6.07) is 0.366. The van der Waals surface area contributed by atoms with Gasteiger partial charge in [0.25, 0.3) is 0 Å². The van der Waals surface area contributed by atoms with Crippen LogP contribution in [0.5, 0.6) is 0 Å². The zero-order valence-corrected chi connectivity index (χ0v) is 7.71. The summed E-state index contributed by atoms with van der Waals surface area (Å²) in [7, 11) is 0. The Morgan fingerprint density at radius 3 is 2.10 bits per heavy atom. The molecule has 2 heteroatoms. The lowest BCUT2D eigenvalue weighted by molar-refractivity contribution is 0.509. The molecule has 0 heterocycles. The van der Waals surface area contributed by atoms with Crippen molar-refractivity contribution in [3.8, 4) is 0 Å². The van der Waals surface area contributed by atoms with Crippen molar-refractivity contribution in [2.45, 2.75) is 43.4 Å². The van der Waals surface area contributed by atoms with Crippen LogP contribution in [0.2, 0.25) is 0 Å². The molecule has 1 aliphatic rings. The minimum atomic E-state index is 0.366. The maximum absolute atomic E-state index is 5.92. The third-order valence-corrected chi connectivity index (χ3v) is 4.28. The fourth-order valence-corrected chi connectivity index (χ4v) is 2.89. The molecule has 1 saturated carbocycles. The van der Waals surface area contributed by atoms with Gasteiger partial charge in [-0.15, -0.1) is 0 Å². The minimum absolute atomic E-state index is 0.366. The molecule has 10 heavy (non-hydrogen) atoms. The zero-order valence-electron chi connectivity index (χ0n) is 6.89. The van der Waals surface area contributed by atoms with E-state index in [1.165, 1.54) is 25.7 Å². The smallest absolute Gasteiger partial charge is 0.0305 e. The maximum Gasteiger partial charge on any atom is 0.0305 e. The van der Waals surface area contributed by atoms with Crippen LogP contribution >= 0.6 is 11.8 Å². The summed E-state index contributed by atoms with van der Waals surface area (Å²) in [5, 5.41) is 0. The quantitative estimate of drug-likeness (QED) is 0.667. The van der Waals surface area contributed by atoms with E-state index < -0.39 is 0 Å². The molecule has 0 radical (unpaired) electrons. The van der Waals surface area contributed by atoms with E-state index in [4.69, 9.17) is 5.73 Å². The van der Waals surface area contributed by atoms with Gasteiger partial charge in [0, 0.05) is 10.8 Å². The largest absolute Gasteiger partial charge is 0.327 e. The van der Waals surface area contributed by atoms with Gasteiger partial charge in [-0.05, 0) is 26.0 Å². The summed E-state index contributed by atoms with van der Waals surface area (Å²) in [6.07, 6.45) is 7.59. The molecule has 1 nitrogen and oxygen atoms in total. The number of thioether (sulfide) groups is 1. The first-order chi connectivity index (χ1) is 4.71. The molecule has 0 amide bonds. The van der Waals surface area contributed by atoms with Gasteiger partial charge in [-0.1, -0.05) is 12.8 Å². The van der Waals surface area contributed by atoms with Gasteiger partial charge in [0.2, 0.25) is 0 Å². The Hall–Kier alpha value is 0.310. The second-order valence-corrected chi connectivity index (χ2v) is 4.49. The van der Waals surface area contributed by atoms with Crippen LogP contribution in [0.25, 0.3) is 0 Å². The summed E-state index contributed by atoms with van der Waals surface area (Å²) in [6.45, 7) is 2.14. The molecule has 1 atom stereocenters. The van der Waals surface area contributed by atoms with Crippen molar-refractivity contribution in [2.75, 3.05) is 6.26 Å². The fourth-order valence-electron chi connectivity index (χ4n) is 1.82. The van der Waals surface area contributed by atoms with E-state index in [1.807, 2.05) is 11.8 Å². The van der Waals surface area contributed by atoms with Crippen molar-refractivity contribution in [2.24, 2.45) is 5.73 Å². The van der Waals surface area contributed by atoms with Crippen molar-refractivity contribution in [1.82, 2.24) is 0 Å². The van der Waals surface area contributed by atoms with Crippen LogP contribution in [-0.4, -0.2) is 17.0 Å². The van der Waals surface area contributed by atoms with Gasteiger partial charge in [0.1, 0.15) is 0 Å². The van der Waals surface area contributed by atoms with Crippen molar-refractivity contribution >= 4 is 11.8 Å². The van der Waals surface area contributed by atoms with Crippen LogP contribution in [0.4, 0.5) is 0 Å². The van der Waals surface area contributed by atoms with E-state index in [0.717, 1.165) is 0 Å². The van der Waals surface area contributed by atoms with Crippen LogP contribution in [0.1, 0.15) is 32.6 Å². The minimum Gasteiger partial charge on any atom is -0.327 e. The van der Waals surface area contributed by atoms with E-state index in [9.17, 15) is 0 Å². The second kappa shape index (κ2) is 3.14. The van der Waals surface area contributed by atoms with Crippen molar-refractivity contribution in [3.05, 3.63) is 0 Å². The molecular weight excluding hydrogens is 142 g/mol. The predicted octanol–water partition coefficient (Wildman–Crippen LogP) is 2.01. The maximum atomic E-state index is 5.92. The van der Waals surface area contributed by atoms with Crippen LogP contribution in [-0.2, 0) is 0 Å². The topological polar surface area (TPSA) is 26.0 Å². The van der Waals surface area contributed by atoms with Gasteiger partial charge in [-0.25, -0.2) is 0 Å². The van der Waals surface area contributed by atoms with E-state index in [-0.39, 0.29) is 0 Å². The van der Waals surface area contributed by atoms with E-state index in [2.05, 4.69) is 13.2 Å². The first-order valence-corrected chi connectivity index (χ1v) is 5.24. The van der Waals surface area contributed by atoms with Crippen LogP contribution in [0.3, 0.4) is 0 Å². The number of nitrogens with two attached hydrogens (primary N) is 1. The van der Waals surface area contributed by atoms with Gasteiger partial charge in [0.05, 0.1) is 0 Å². The molecule has 1 fully saturated rings. The molecule has 0 bridgehead atoms. The molecule has 1 rings (SSSR count). The lowest BCUT2D eigenvalue weighted by atomic mass is 9.99. The monoisotopic (exact) mass is 159 g/mol. The molecule has 0 saturated heterocycles. The molecule has 0 aromatic heterocycles. The summed E-state index contributed by atoms with van der Waals surface area (Å²) in [4.78, 5) is 0. The molecule has 0 spiro atoms. The Labute approximate surface area is 67.8 Å². The lowest BCUT2D eigenvalue weighted by Crippen LogP contribution is -2.40. The molecule has 0 aliphatic heterocycles. The van der Waals surface area contributed by atoms with Gasteiger partial charge >= 0.3 is 0 Å². The Bertz CT molecular complexity index is 106. The van der Waals surface area contributed by atoms with E-state index in [0.29, 0.717) is 10.8 Å². The summed E-state index contributed by atoms with van der Waals surface area (Å²) in [5.41, 5.74) is 5.92. The highest BCUT2D eigenvalue weighted by Crippen LogP contribution is 2.41. The fraction of sp³-hybridized carbons (Fsp3) is 1.00. The van der Waals surface area contributed by atoms with Crippen LogP contribution in [0.15, 0.2) is 0 Å². The zero-order chi connectivity index (χ0) is 7.61. The van der Waals surface area contributed by atoms with Gasteiger partial charge in [-0.3, -0.25) is 0 Å². The molecule has 1 aliphatic carbocycles. The molecule has 1 unspecified atom stereocenters. The van der Waals surface area contributed by atoms with E-state index in [1.54, 1.807) is 0 Å². The predicted molar refractivity (Wildman–Crippen MR) is 48.4 cm³/mol. The van der Waals surface area contributed by atoms with E-state index >= 15 is 0 Å². The van der Waals surface area contributed by atoms with Crippen LogP contribution in [0, 0.1) is 0 Å². The summed E-state index contributed by atoms with van der Waals surface area (Å²) < 4.78 is 0.431.